The van der Waals surface area contributed by atoms with Crippen molar-refractivity contribution in [1.82, 2.24) is 10.6 Å². The molecular formula is C15H21BrN2O3S. The molecule has 122 valence electrons. The molecule has 2 rings (SSSR count). The highest BCUT2D eigenvalue weighted by Crippen LogP contribution is 2.15. The van der Waals surface area contributed by atoms with Gasteiger partial charge < -0.3 is 10.6 Å². The molecule has 2 unspecified atom stereocenters. The van der Waals surface area contributed by atoms with Gasteiger partial charge in [0, 0.05) is 17.1 Å². The first-order valence-electron chi connectivity index (χ1n) is 7.31. The zero-order valence-electron chi connectivity index (χ0n) is 12.5. The number of hydrogen-bond acceptors (Lipinski definition) is 4. The third-order valence-electron chi connectivity index (χ3n) is 3.80. The van der Waals surface area contributed by atoms with E-state index in [2.05, 4.69) is 33.5 Å². The van der Waals surface area contributed by atoms with Crippen LogP contribution in [0, 0.1) is 5.92 Å². The fraction of sp³-hybridized carbons (Fsp3) is 0.533. The predicted molar refractivity (Wildman–Crippen MR) is 90.2 cm³/mol. The van der Waals surface area contributed by atoms with Crippen LogP contribution >= 0.6 is 15.9 Å². The Kier molecular flexibility index (Phi) is 6.00. The molecule has 1 aliphatic heterocycles. The van der Waals surface area contributed by atoms with Crippen LogP contribution in [0.3, 0.4) is 0 Å². The molecule has 7 heteroatoms. The molecular weight excluding hydrogens is 368 g/mol. The van der Waals surface area contributed by atoms with E-state index in [-0.39, 0.29) is 11.8 Å². The zero-order valence-corrected chi connectivity index (χ0v) is 14.9. The standard InChI is InChI=1S/C15H21BrN2O3S/c1-11-5-6-17-8-14(11)18-15(19)10-22(20,21)9-12-3-2-4-13(16)7-12/h2-4,7,11,14,17H,5-6,8-10H2,1H3,(H,18,19). The molecule has 1 fully saturated rings. The van der Waals surface area contributed by atoms with Gasteiger partial charge in [0.2, 0.25) is 5.91 Å². The van der Waals surface area contributed by atoms with Gasteiger partial charge in [-0.1, -0.05) is 35.0 Å². The van der Waals surface area contributed by atoms with Gasteiger partial charge in [-0.3, -0.25) is 4.79 Å². The summed E-state index contributed by atoms with van der Waals surface area (Å²) in [5.74, 6) is -0.658. The number of carbonyl (C=O) groups is 1. The average molecular weight is 389 g/mol. The molecule has 1 aliphatic rings. The Hall–Kier alpha value is -0.920. The molecule has 0 bridgehead atoms. The molecule has 1 aromatic carbocycles. The van der Waals surface area contributed by atoms with E-state index in [0.29, 0.717) is 18.0 Å². The lowest BCUT2D eigenvalue weighted by Gasteiger charge is -2.30. The summed E-state index contributed by atoms with van der Waals surface area (Å²) in [7, 11) is -3.47. The smallest absolute Gasteiger partial charge is 0.235 e. The highest BCUT2D eigenvalue weighted by molar-refractivity contribution is 9.10. The van der Waals surface area contributed by atoms with E-state index in [4.69, 9.17) is 0 Å². The van der Waals surface area contributed by atoms with Gasteiger partial charge in [0.25, 0.3) is 0 Å². The van der Waals surface area contributed by atoms with Crippen molar-refractivity contribution in [3.05, 3.63) is 34.3 Å². The Morgan fingerprint density at radius 2 is 2.23 bits per heavy atom. The second-order valence-electron chi connectivity index (χ2n) is 5.81. The maximum atomic E-state index is 12.2. The second kappa shape index (κ2) is 7.57. The molecule has 22 heavy (non-hydrogen) atoms. The summed E-state index contributed by atoms with van der Waals surface area (Å²) in [6.07, 6.45) is 0.982. The van der Waals surface area contributed by atoms with E-state index < -0.39 is 21.5 Å². The minimum Gasteiger partial charge on any atom is -0.351 e. The molecule has 2 N–H and O–H groups in total. The van der Waals surface area contributed by atoms with Crippen LogP contribution in [0.5, 0.6) is 0 Å². The molecule has 0 saturated carbocycles. The SMILES string of the molecule is CC1CCNCC1NC(=O)CS(=O)(=O)Cc1cccc(Br)c1. The normalized spacial score (nSPS) is 22.3. The van der Waals surface area contributed by atoms with Crippen molar-refractivity contribution in [1.29, 1.82) is 0 Å². The van der Waals surface area contributed by atoms with Gasteiger partial charge in [0.1, 0.15) is 5.75 Å². The van der Waals surface area contributed by atoms with Crippen molar-refractivity contribution < 1.29 is 13.2 Å². The number of carbonyl (C=O) groups excluding carboxylic acids is 1. The molecule has 0 spiro atoms. The minimum atomic E-state index is -3.47. The minimum absolute atomic E-state index is 0.00215. The zero-order chi connectivity index (χ0) is 16.2. The number of nitrogens with one attached hydrogen (secondary N) is 2. The van der Waals surface area contributed by atoms with Crippen LogP contribution in [-0.2, 0) is 20.4 Å². The van der Waals surface area contributed by atoms with Crippen molar-refractivity contribution in [2.45, 2.75) is 25.1 Å². The summed E-state index contributed by atoms with van der Waals surface area (Å²) < 4.78 is 25.1. The van der Waals surface area contributed by atoms with E-state index in [0.717, 1.165) is 17.4 Å². The fourth-order valence-electron chi connectivity index (χ4n) is 2.56. The number of sulfone groups is 1. The van der Waals surface area contributed by atoms with Gasteiger partial charge >= 0.3 is 0 Å². The molecule has 5 nitrogen and oxygen atoms in total. The first-order valence-corrected chi connectivity index (χ1v) is 9.92. The topological polar surface area (TPSA) is 75.3 Å². The van der Waals surface area contributed by atoms with Crippen LogP contribution < -0.4 is 10.6 Å². The summed E-state index contributed by atoms with van der Waals surface area (Å²) in [6, 6.07) is 7.11. The maximum absolute atomic E-state index is 12.2. The van der Waals surface area contributed by atoms with E-state index in [1.54, 1.807) is 18.2 Å². The monoisotopic (exact) mass is 388 g/mol. The van der Waals surface area contributed by atoms with Crippen LogP contribution in [-0.4, -0.2) is 39.2 Å². The van der Waals surface area contributed by atoms with Crippen LogP contribution in [0.1, 0.15) is 18.9 Å². The van der Waals surface area contributed by atoms with Crippen molar-refractivity contribution >= 4 is 31.7 Å². The number of hydrogen-bond donors (Lipinski definition) is 2. The Morgan fingerprint density at radius 1 is 1.45 bits per heavy atom. The largest absolute Gasteiger partial charge is 0.351 e. The van der Waals surface area contributed by atoms with Crippen LogP contribution in [0.4, 0.5) is 0 Å². The highest BCUT2D eigenvalue weighted by atomic mass is 79.9. The molecule has 1 saturated heterocycles. The molecule has 1 heterocycles. The van der Waals surface area contributed by atoms with Crippen LogP contribution in [0.25, 0.3) is 0 Å². The second-order valence-corrected chi connectivity index (χ2v) is 8.79. The van der Waals surface area contributed by atoms with E-state index in [1.165, 1.54) is 0 Å². The van der Waals surface area contributed by atoms with Crippen LogP contribution in [0.2, 0.25) is 0 Å². The number of piperidine rings is 1. The first-order chi connectivity index (χ1) is 10.4. The fourth-order valence-corrected chi connectivity index (χ4v) is 4.28. The Labute approximate surface area is 139 Å². The van der Waals surface area contributed by atoms with Gasteiger partial charge in [0.05, 0.1) is 5.75 Å². The van der Waals surface area contributed by atoms with Crippen molar-refractivity contribution in [3.63, 3.8) is 0 Å². The number of halogens is 1. The van der Waals surface area contributed by atoms with Gasteiger partial charge in [-0.05, 0) is 36.6 Å². The van der Waals surface area contributed by atoms with Crippen molar-refractivity contribution in [2.75, 3.05) is 18.8 Å². The third kappa shape index (κ3) is 5.37. The van der Waals surface area contributed by atoms with Gasteiger partial charge in [0.15, 0.2) is 9.84 Å². The number of amides is 1. The van der Waals surface area contributed by atoms with E-state index in [9.17, 15) is 13.2 Å². The molecule has 0 aromatic heterocycles. The first kappa shape index (κ1) is 17.4. The lowest BCUT2D eigenvalue weighted by molar-refractivity contribution is -0.119. The summed E-state index contributed by atoms with van der Waals surface area (Å²) in [5, 5.41) is 6.04. The third-order valence-corrected chi connectivity index (χ3v) is 5.77. The van der Waals surface area contributed by atoms with Crippen molar-refractivity contribution in [3.8, 4) is 0 Å². The van der Waals surface area contributed by atoms with Gasteiger partial charge in [-0.2, -0.15) is 0 Å². The van der Waals surface area contributed by atoms with Crippen molar-refractivity contribution in [2.24, 2.45) is 5.92 Å². The number of rotatable bonds is 5. The lowest BCUT2D eigenvalue weighted by atomic mass is 9.95. The average Bonchev–Trinajstić information content (AvgIpc) is 2.40. The predicted octanol–water partition coefficient (Wildman–Crippen LogP) is 1.48. The van der Waals surface area contributed by atoms with Gasteiger partial charge in [-0.25, -0.2) is 8.42 Å². The molecule has 0 aliphatic carbocycles. The van der Waals surface area contributed by atoms with Gasteiger partial charge in [-0.15, -0.1) is 0 Å². The summed E-state index contributed by atoms with van der Waals surface area (Å²) >= 11 is 3.31. The molecule has 0 radical (unpaired) electrons. The Bertz CT molecular complexity index is 633. The number of benzene rings is 1. The summed E-state index contributed by atoms with van der Waals surface area (Å²) in [4.78, 5) is 12.0. The Morgan fingerprint density at radius 3 is 2.91 bits per heavy atom. The van der Waals surface area contributed by atoms with E-state index >= 15 is 0 Å². The quantitative estimate of drug-likeness (QED) is 0.800. The maximum Gasteiger partial charge on any atom is 0.235 e. The van der Waals surface area contributed by atoms with E-state index in [1.807, 2.05) is 6.07 Å². The molecule has 1 amide bonds. The lowest BCUT2D eigenvalue weighted by Crippen LogP contribution is -2.51. The Balaban J connectivity index is 1.92. The molecule has 1 aromatic rings. The summed E-state index contributed by atoms with van der Waals surface area (Å²) in [6.45, 7) is 3.70. The highest BCUT2D eigenvalue weighted by Gasteiger charge is 2.25. The summed E-state index contributed by atoms with van der Waals surface area (Å²) in [5.41, 5.74) is 0.676. The molecule has 2 atom stereocenters. The van der Waals surface area contributed by atoms with Crippen LogP contribution in [0.15, 0.2) is 28.7 Å².